The number of esters is 2. The van der Waals surface area contributed by atoms with Gasteiger partial charge in [-0.2, -0.15) is 0 Å². The maximum atomic E-state index is 12.1. The molecule has 0 bridgehead atoms. The Morgan fingerprint density at radius 1 is 1.10 bits per heavy atom. The Bertz CT molecular complexity index is 429. The molecule has 0 radical (unpaired) electrons. The minimum absolute atomic E-state index is 0.0836. The van der Waals surface area contributed by atoms with Crippen molar-refractivity contribution in [2.24, 2.45) is 5.92 Å². The van der Waals surface area contributed by atoms with Gasteiger partial charge in [-0.1, -0.05) is 0 Å². The minimum atomic E-state index is -1.50. The third-order valence-corrected chi connectivity index (χ3v) is 3.04. The number of aliphatic hydroxyl groups excluding tert-OH is 1. The maximum Gasteiger partial charge on any atom is 0.413 e. The van der Waals surface area contributed by atoms with Gasteiger partial charge in [0.2, 0.25) is 0 Å². The monoisotopic (exact) mass is 303 g/mol. The van der Waals surface area contributed by atoms with E-state index in [9.17, 15) is 19.5 Å². The summed E-state index contributed by atoms with van der Waals surface area (Å²) < 4.78 is 14.3. The Balaban J connectivity index is 3.02. The first kappa shape index (κ1) is 17.2. The summed E-state index contributed by atoms with van der Waals surface area (Å²) in [4.78, 5) is 36.3. The topological polar surface area (TPSA) is 102 Å². The lowest BCUT2D eigenvalue weighted by Gasteiger charge is -2.29. The number of rotatable bonds is 2. The zero-order valence-corrected chi connectivity index (χ0v) is 12.8. The van der Waals surface area contributed by atoms with E-state index in [1.54, 1.807) is 20.8 Å². The second-order valence-corrected chi connectivity index (χ2v) is 5.71. The number of hydrogen-bond acceptors (Lipinski definition) is 7. The largest absolute Gasteiger partial charge is 0.469 e. The van der Waals surface area contributed by atoms with Crippen LogP contribution >= 0.6 is 0 Å². The van der Waals surface area contributed by atoms with Crippen molar-refractivity contribution in [1.82, 2.24) is 4.90 Å². The van der Waals surface area contributed by atoms with Gasteiger partial charge in [-0.15, -0.1) is 0 Å². The van der Waals surface area contributed by atoms with E-state index in [0.29, 0.717) is 0 Å². The summed E-state index contributed by atoms with van der Waals surface area (Å²) in [5.74, 6) is -2.46. The molecule has 8 heteroatoms. The van der Waals surface area contributed by atoms with Gasteiger partial charge in [0.1, 0.15) is 23.8 Å². The standard InChI is InChI=1S/C13H21NO7/c1-13(2,3)21-12(18)14-8(11(17)20-5)6-7(9(14)15)10(16)19-4/h7-9,15H,6H2,1-5H3/t7?,8-,9?/m0/s1. The third kappa shape index (κ3) is 3.84. The van der Waals surface area contributed by atoms with Crippen LogP contribution in [0.2, 0.25) is 0 Å². The van der Waals surface area contributed by atoms with Crippen LogP contribution in [0, 0.1) is 5.92 Å². The van der Waals surface area contributed by atoms with Crippen LogP contribution in [-0.4, -0.2) is 60.1 Å². The number of carbonyl (C=O) groups is 3. The number of carbonyl (C=O) groups excluding carboxylic acids is 3. The third-order valence-electron chi connectivity index (χ3n) is 3.04. The number of hydrogen-bond donors (Lipinski definition) is 1. The predicted molar refractivity (Wildman–Crippen MR) is 70.0 cm³/mol. The smallest absolute Gasteiger partial charge is 0.413 e. The van der Waals surface area contributed by atoms with Crippen molar-refractivity contribution >= 4 is 18.0 Å². The Labute approximate surface area is 122 Å². The molecule has 1 amide bonds. The van der Waals surface area contributed by atoms with Crippen LogP contribution in [0.1, 0.15) is 27.2 Å². The Morgan fingerprint density at radius 3 is 2.05 bits per heavy atom. The molecule has 8 nitrogen and oxygen atoms in total. The summed E-state index contributed by atoms with van der Waals surface area (Å²) in [6.07, 6.45) is -2.48. The SMILES string of the molecule is COC(=O)C1C[C@@H](C(=O)OC)N(C(=O)OC(C)(C)C)C1O. The van der Waals surface area contributed by atoms with Crippen molar-refractivity contribution in [3.8, 4) is 0 Å². The normalized spacial score (nSPS) is 25.4. The molecule has 1 saturated heterocycles. The van der Waals surface area contributed by atoms with Crippen LogP contribution in [0.3, 0.4) is 0 Å². The first-order valence-electron chi connectivity index (χ1n) is 6.47. The van der Waals surface area contributed by atoms with Gasteiger partial charge in [0.25, 0.3) is 0 Å². The average molecular weight is 303 g/mol. The van der Waals surface area contributed by atoms with E-state index in [0.717, 1.165) is 12.0 Å². The van der Waals surface area contributed by atoms with Crippen molar-refractivity contribution in [3.63, 3.8) is 0 Å². The van der Waals surface area contributed by atoms with Crippen molar-refractivity contribution in [3.05, 3.63) is 0 Å². The molecule has 0 aromatic rings. The van der Waals surface area contributed by atoms with E-state index < -0.39 is 41.8 Å². The highest BCUT2D eigenvalue weighted by Gasteiger charge is 2.51. The molecule has 2 unspecified atom stereocenters. The summed E-state index contributed by atoms with van der Waals surface area (Å²) in [6.45, 7) is 4.95. The quantitative estimate of drug-likeness (QED) is 0.577. The second-order valence-electron chi connectivity index (χ2n) is 5.71. The van der Waals surface area contributed by atoms with Crippen molar-refractivity contribution in [2.75, 3.05) is 14.2 Å². The predicted octanol–water partition coefficient (Wildman–Crippen LogP) is 0.276. The lowest BCUT2D eigenvalue weighted by molar-refractivity contribution is -0.152. The van der Waals surface area contributed by atoms with E-state index in [1.165, 1.54) is 7.11 Å². The van der Waals surface area contributed by atoms with Crippen molar-refractivity contribution in [2.45, 2.75) is 45.1 Å². The highest BCUT2D eigenvalue weighted by atomic mass is 16.6. The summed E-state index contributed by atoms with van der Waals surface area (Å²) in [5.41, 5.74) is -0.805. The molecule has 21 heavy (non-hydrogen) atoms. The zero-order chi connectivity index (χ0) is 16.4. The molecule has 0 aromatic heterocycles. The summed E-state index contributed by atoms with van der Waals surface area (Å²) >= 11 is 0. The van der Waals surface area contributed by atoms with Gasteiger partial charge in [-0.3, -0.25) is 9.69 Å². The molecular formula is C13H21NO7. The van der Waals surface area contributed by atoms with Crippen molar-refractivity contribution < 1.29 is 33.7 Å². The van der Waals surface area contributed by atoms with Crippen LogP contribution in [0.15, 0.2) is 0 Å². The van der Waals surface area contributed by atoms with Gasteiger partial charge in [-0.25, -0.2) is 9.59 Å². The zero-order valence-electron chi connectivity index (χ0n) is 12.8. The number of nitrogens with zero attached hydrogens (tertiary/aromatic N) is 1. The first-order valence-corrected chi connectivity index (χ1v) is 6.47. The molecule has 0 spiro atoms. The summed E-state index contributed by atoms with van der Waals surface area (Å²) in [6, 6.07) is -1.09. The molecule has 1 heterocycles. The molecule has 0 saturated carbocycles. The number of aliphatic hydroxyl groups is 1. The van der Waals surface area contributed by atoms with Crippen LogP contribution in [0.25, 0.3) is 0 Å². The van der Waals surface area contributed by atoms with Gasteiger partial charge < -0.3 is 19.3 Å². The molecule has 1 rings (SSSR count). The number of amides is 1. The van der Waals surface area contributed by atoms with E-state index in [-0.39, 0.29) is 6.42 Å². The lowest BCUT2D eigenvalue weighted by Crippen LogP contribution is -2.48. The molecule has 3 atom stereocenters. The van der Waals surface area contributed by atoms with Gasteiger partial charge in [0, 0.05) is 0 Å². The van der Waals surface area contributed by atoms with E-state index in [2.05, 4.69) is 9.47 Å². The fourth-order valence-electron chi connectivity index (χ4n) is 2.12. The van der Waals surface area contributed by atoms with Gasteiger partial charge in [0.05, 0.1) is 14.2 Å². The Hall–Kier alpha value is -1.83. The number of methoxy groups -OCH3 is 2. The molecule has 1 aliphatic rings. The van der Waals surface area contributed by atoms with Crippen molar-refractivity contribution in [1.29, 1.82) is 0 Å². The first-order chi connectivity index (χ1) is 9.62. The molecular weight excluding hydrogens is 282 g/mol. The fourth-order valence-corrected chi connectivity index (χ4v) is 2.12. The number of ether oxygens (including phenoxy) is 3. The molecule has 120 valence electrons. The van der Waals surface area contributed by atoms with Crippen LogP contribution in [0.4, 0.5) is 4.79 Å². The lowest BCUT2D eigenvalue weighted by atomic mass is 10.1. The van der Waals surface area contributed by atoms with Gasteiger partial charge >= 0.3 is 18.0 Å². The Morgan fingerprint density at radius 2 is 1.62 bits per heavy atom. The molecule has 1 N–H and O–H groups in total. The molecule has 1 fully saturated rings. The van der Waals surface area contributed by atoms with Crippen LogP contribution in [0.5, 0.6) is 0 Å². The molecule has 0 aliphatic carbocycles. The van der Waals surface area contributed by atoms with E-state index >= 15 is 0 Å². The summed E-state index contributed by atoms with van der Waals surface area (Å²) in [5, 5.41) is 10.1. The van der Waals surface area contributed by atoms with Crippen LogP contribution < -0.4 is 0 Å². The highest BCUT2D eigenvalue weighted by Crippen LogP contribution is 2.31. The van der Waals surface area contributed by atoms with Crippen LogP contribution in [-0.2, 0) is 23.8 Å². The highest BCUT2D eigenvalue weighted by molar-refractivity contribution is 5.85. The molecule has 0 aromatic carbocycles. The van der Waals surface area contributed by atoms with E-state index in [1.807, 2.05) is 0 Å². The van der Waals surface area contributed by atoms with E-state index in [4.69, 9.17) is 4.74 Å². The number of likely N-dealkylation sites (tertiary alicyclic amines) is 1. The average Bonchev–Trinajstić information content (AvgIpc) is 2.72. The molecule has 1 aliphatic heterocycles. The minimum Gasteiger partial charge on any atom is -0.469 e. The van der Waals surface area contributed by atoms with Gasteiger partial charge in [0.15, 0.2) is 0 Å². The van der Waals surface area contributed by atoms with Gasteiger partial charge in [-0.05, 0) is 27.2 Å². The Kier molecular flexibility index (Phi) is 5.16. The fraction of sp³-hybridized carbons (Fsp3) is 0.769. The maximum absolute atomic E-state index is 12.1. The second kappa shape index (κ2) is 6.30. The summed E-state index contributed by atoms with van der Waals surface area (Å²) in [7, 11) is 2.33.